The molecule has 0 N–H and O–H groups in total. The van der Waals surface area contributed by atoms with E-state index in [1.54, 1.807) is 29.2 Å². The maximum Gasteiger partial charge on any atom is 0.295 e. The summed E-state index contributed by atoms with van der Waals surface area (Å²) in [7, 11) is 0. The Hall–Kier alpha value is -1.64. The van der Waals surface area contributed by atoms with Gasteiger partial charge in [0.05, 0.1) is 0 Å². The molecule has 1 aromatic rings. The van der Waals surface area contributed by atoms with Crippen molar-refractivity contribution in [3.05, 3.63) is 35.9 Å². The van der Waals surface area contributed by atoms with Crippen molar-refractivity contribution in [1.29, 1.82) is 0 Å². The van der Waals surface area contributed by atoms with Gasteiger partial charge < -0.3 is 4.90 Å². The Morgan fingerprint density at radius 1 is 1.19 bits per heavy atom. The molecule has 0 aliphatic carbocycles. The number of ketones is 1. The van der Waals surface area contributed by atoms with Crippen LogP contribution in [0, 0.1) is 0 Å². The van der Waals surface area contributed by atoms with Gasteiger partial charge in [0.15, 0.2) is 0 Å². The van der Waals surface area contributed by atoms with Gasteiger partial charge in [0.2, 0.25) is 5.78 Å². The van der Waals surface area contributed by atoms with Gasteiger partial charge in [-0.05, 0) is 20.8 Å². The highest BCUT2D eigenvalue weighted by Gasteiger charge is 2.23. The first-order valence-electron chi connectivity index (χ1n) is 5.48. The standard InChI is InChI=1S/C13H17NO2/c1-4-14(10(2)3)13(16)12(15)11-8-6-5-7-9-11/h5-10H,4H2,1-3H3. The van der Waals surface area contributed by atoms with Crippen LogP contribution >= 0.6 is 0 Å². The smallest absolute Gasteiger partial charge is 0.295 e. The lowest BCUT2D eigenvalue weighted by atomic mass is 10.1. The van der Waals surface area contributed by atoms with E-state index in [-0.39, 0.29) is 6.04 Å². The van der Waals surface area contributed by atoms with Gasteiger partial charge in [0, 0.05) is 18.2 Å². The Balaban J connectivity index is 2.86. The van der Waals surface area contributed by atoms with Crippen LogP contribution in [0.15, 0.2) is 30.3 Å². The summed E-state index contributed by atoms with van der Waals surface area (Å²) in [6, 6.07) is 8.70. The average molecular weight is 219 g/mol. The van der Waals surface area contributed by atoms with Crippen molar-refractivity contribution >= 4 is 11.7 Å². The zero-order chi connectivity index (χ0) is 12.1. The molecule has 0 saturated heterocycles. The fourth-order valence-corrected chi connectivity index (χ4v) is 1.59. The Morgan fingerprint density at radius 3 is 2.19 bits per heavy atom. The number of Topliss-reactive ketones (excluding diaryl/α,β-unsaturated/α-hetero) is 1. The monoisotopic (exact) mass is 219 g/mol. The van der Waals surface area contributed by atoms with Crippen LogP contribution in [0.1, 0.15) is 31.1 Å². The van der Waals surface area contributed by atoms with E-state index in [9.17, 15) is 9.59 Å². The van der Waals surface area contributed by atoms with E-state index in [0.29, 0.717) is 12.1 Å². The first kappa shape index (κ1) is 12.4. The van der Waals surface area contributed by atoms with Crippen molar-refractivity contribution in [3.8, 4) is 0 Å². The molecule has 1 rings (SSSR count). The van der Waals surface area contributed by atoms with Gasteiger partial charge in [-0.1, -0.05) is 30.3 Å². The molecule has 0 aromatic heterocycles. The van der Waals surface area contributed by atoms with Crippen molar-refractivity contribution in [2.75, 3.05) is 6.54 Å². The van der Waals surface area contributed by atoms with Gasteiger partial charge in [0.1, 0.15) is 0 Å². The minimum Gasteiger partial charge on any atom is -0.334 e. The molecule has 86 valence electrons. The second-order valence-electron chi connectivity index (χ2n) is 3.88. The highest BCUT2D eigenvalue weighted by Crippen LogP contribution is 2.06. The minimum absolute atomic E-state index is 0.0464. The largest absolute Gasteiger partial charge is 0.334 e. The van der Waals surface area contributed by atoms with Crippen molar-refractivity contribution in [2.45, 2.75) is 26.8 Å². The van der Waals surface area contributed by atoms with Crippen molar-refractivity contribution < 1.29 is 9.59 Å². The summed E-state index contributed by atoms with van der Waals surface area (Å²) in [5, 5.41) is 0. The van der Waals surface area contributed by atoms with Crippen LogP contribution in [0.25, 0.3) is 0 Å². The summed E-state index contributed by atoms with van der Waals surface area (Å²) in [5.41, 5.74) is 0.451. The lowest BCUT2D eigenvalue weighted by Gasteiger charge is -2.24. The first-order valence-corrected chi connectivity index (χ1v) is 5.48. The highest BCUT2D eigenvalue weighted by atomic mass is 16.2. The van der Waals surface area contributed by atoms with E-state index < -0.39 is 11.7 Å². The SMILES string of the molecule is CCN(C(=O)C(=O)c1ccccc1)C(C)C. The quantitative estimate of drug-likeness (QED) is 0.574. The third-order valence-corrected chi connectivity index (χ3v) is 2.46. The molecule has 3 heteroatoms. The molecule has 0 saturated carbocycles. The molecule has 1 amide bonds. The second-order valence-corrected chi connectivity index (χ2v) is 3.88. The van der Waals surface area contributed by atoms with Crippen LogP contribution in [-0.2, 0) is 4.79 Å². The Bertz CT molecular complexity index is 371. The fourth-order valence-electron chi connectivity index (χ4n) is 1.59. The lowest BCUT2D eigenvalue weighted by molar-refractivity contribution is -0.127. The molecule has 16 heavy (non-hydrogen) atoms. The molecule has 0 atom stereocenters. The van der Waals surface area contributed by atoms with Crippen molar-refractivity contribution in [1.82, 2.24) is 4.90 Å². The molecule has 0 spiro atoms. The maximum atomic E-state index is 11.9. The fraction of sp³-hybridized carbons (Fsp3) is 0.385. The van der Waals surface area contributed by atoms with Crippen LogP contribution in [0.4, 0.5) is 0 Å². The molecule has 1 aromatic carbocycles. The van der Waals surface area contributed by atoms with Gasteiger partial charge >= 0.3 is 0 Å². The zero-order valence-electron chi connectivity index (χ0n) is 9.93. The number of nitrogens with zero attached hydrogens (tertiary/aromatic N) is 1. The van der Waals surface area contributed by atoms with E-state index >= 15 is 0 Å². The first-order chi connectivity index (χ1) is 7.57. The molecular weight excluding hydrogens is 202 g/mol. The van der Waals surface area contributed by atoms with E-state index in [2.05, 4.69) is 0 Å². The van der Waals surface area contributed by atoms with Crippen molar-refractivity contribution in [3.63, 3.8) is 0 Å². The minimum atomic E-state index is -0.434. The Kier molecular flexibility index (Phi) is 4.23. The molecule has 0 bridgehead atoms. The zero-order valence-corrected chi connectivity index (χ0v) is 9.93. The number of hydrogen-bond donors (Lipinski definition) is 0. The molecule has 0 aliphatic rings. The predicted molar refractivity (Wildman–Crippen MR) is 63.3 cm³/mol. The summed E-state index contributed by atoms with van der Waals surface area (Å²) in [6.45, 7) is 6.23. The van der Waals surface area contributed by atoms with Crippen LogP contribution in [0.5, 0.6) is 0 Å². The topological polar surface area (TPSA) is 37.4 Å². The van der Waals surface area contributed by atoms with Crippen LogP contribution in [0.2, 0.25) is 0 Å². The molecule has 0 aliphatic heterocycles. The average Bonchev–Trinajstić information content (AvgIpc) is 2.29. The van der Waals surface area contributed by atoms with E-state index in [0.717, 1.165) is 0 Å². The van der Waals surface area contributed by atoms with Gasteiger partial charge in [-0.3, -0.25) is 9.59 Å². The number of hydrogen-bond acceptors (Lipinski definition) is 2. The van der Waals surface area contributed by atoms with E-state index in [1.807, 2.05) is 26.8 Å². The lowest BCUT2D eigenvalue weighted by Crippen LogP contribution is -2.41. The highest BCUT2D eigenvalue weighted by molar-refractivity contribution is 6.42. The summed E-state index contributed by atoms with van der Waals surface area (Å²) < 4.78 is 0. The van der Waals surface area contributed by atoms with Crippen LogP contribution in [-0.4, -0.2) is 29.2 Å². The molecule has 0 radical (unpaired) electrons. The number of carbonyl (C=O) groups is 2. The summed E-state index contributed by atoms with van der Waals surface area (Å²) in [4.78, 5) is 25.3. The third-order valence-electron chi connectivity index (χ3n) is 2.46. The van der Waals surface area contributed by atoms with Gasteiger partial charge in [-0.25, -0.2) is 0 Å². The van der Waals surface area contributed by atoms with Crippen LogP contribution in [0.3, 0.4) is 0 Å². The molecule has 0 heterocycles. The second kappa shape index (κ2) is 5.45. The van der Waals surface area contributed by atoms with Gasteiger partial charge in [-0.2, -0.15) is 0 Å². The summed E-state index contributed by atoms with van der Waals surface area (Å²) in [5.74, 6) is -0.861. The maximum absolute atomic E-state index is 11.9. The number of likely N-dealkylation sites (N-methyl/N-ethyl adjacent to an activating group) is 1. The van der Waals surface area contributed by atoms with E-state index in [1.165, 1.54) is 0 Å². The number of rotatable bonds is 4. The van der Waals surface area contributed by atoms with Crippen LogP contribution < -0.4 is 0 Å². The Labute approximate surface area is 96.1 Å². The normalized spacial score (nSPS) is 10.2. The number of benzene rings is 1. The molecule has 3 nitrogen and oxygen atoms in total. The summed E-state index contributed by atoms with van der Waals surface area (Å²) >= 11 is 0. The molecule has 0 unspecified atom stereocenters. The summed E-state index contributed by atoms with van der Waals surface area (Å²) in [6.07, 6.45) is 0. The third kappa shape index (κ3) is 2.69. The Morgan fingerprint density at radius 2 is 1.75 bits per heavy atom. The predicted octanol–water partition coefficient (Wildman–Crippen LogP) is 2.13. The number of carbonyl (C=O) groups excluding carboxylic acids is 2. The number of amides is 1. The van der Waals surface area contributed by atoms with Crippen molar-refractivity contribution in [2.24, 2.45) is 0 Å². The van der Waals surface area contributed by atoms with E-state index in [4.69, 9.17) is 0 Å². The molecule has 0 fully saturated rings. The van der Waals surface area contributed by atoms with Gasteiger partial charge in [-0.15, -0.1) is 0 Å². The molecular formula is C13H17NO2. The van der Waals surface area contributed by atoms with Gasteiger partial charge in [0.25, 0.3) is 5.91 Å².